The molecule has 8 nitrogen and oxygen atoms in total. The van der Waals surface area contributed by atoms with E-state index in [-0.39, 0.29) is 16.7 Å². The largest absolute Gasteiger partial charge is 0.339 e. The number of sulfonamides is 1. The number of fused-ring (bicyclic) bond motifs is 1. The Labute approximate surface area is 267 Å². The first kappa shape index (κ1) is 33.8. The molecule has 4 rings (SSSR count). The highest BCUT2D eigenvalue weighted by molar-refractivity contribution is 7.89. The van der Waals surface area contributed by atoms with E-state index in [9.17, 15) is 18.0 Å². The van der Waals surface area contributed by atoms with Crippen LogP contribution in [0, 0.1) is 0 Å². The highest BCUT2D eigenvalue weighted by Gasteiger charge is 2.31. The molecule has 1 N–H and O–H groups in total. The monoisotopic (exact) mass is 638 g/mol. The van der Waals surface area contributed by atoms with E-state index in [1.165, 1.54) is 29.0 Å². The molecule has 44 heavy (non-hydrogen) atoms. The van der Waals surface area contributed by atoms with Gasteiger partial charge in [-0.15, -0.1) is 11.3 Å². The molecule has 1 aliphatic heterocycles. The van der Waals surface area contributed by atoms with Crippen LogP contribution in [0.2, 0.25) is 0 Å². The maximum absolute atomic E-state index is 13.7. The number of amides is 2. The second-order valence-corrected chi connectivity index (χ2v) is 14.3. The van der Waals surface area contributed by atoms with E-state index in [1.54, 1.807) is 21.3 Å². The molecule has 2 aromatic carbocycles. The van der Waals surface area contributed by atoms with Crippen molar-refractivity contribution < 1.29 is 18.0 Å². The number of nitrogens with one attached hydrogen (secondary N) is 1. The summed E-state index contributed by atoms with van der Waals surface area (Å²) in [4.78, 5) is 32.6. The van der Waals surface area contributed by atoms with E-state index >= 15 is 0 Å². The summed E-state index contributed by atoms with van der Waals surface area (Å²) in [5, 5.41) is 3.58. The summed E-state index contributed by atoms with van der Waals surface area (Å²) in [5.41, 5.74) is 3.19. The second kappa shape index (κ2) is 15.8. The second-order valence-electron chi connectivity index (χ2n) is 11.2. The Hall–Kier alpha value is -3.05. The van der Waals surface area contributed by atoms with Gasteiger partial charge >= 0.3 is 0 Å². The van der Waals surface area contributed by atoms with Gasteiger partial charge in [-0.1, -0.05) is 57.0 Å². The molecular weight excluding hydrogens is 593 g/mol. The number of thiophene rings is 1. The van der Waals surface area contributed by atoms with Gasteiger partial charge in [-0.05, 0) is 68.5 Å². The predicted octanol–water partition coefficient (Wildman–Crippen LogP) is 6.63. The standard InChI is InChI=1S/C34H46N4O4S2/c1-5-9-21-38(22-10-6-2)44(41,42)28-18-16-27(17-19-28)32(39)35-33-31(34(40)37(7-3)8-4)29-20-23-36(25-30(29)43-33)24-26-14-12-11-13-15-26/h11-19H,5-10,20-25H2,1-4H3,(H,35,39). The van der Waals surface area contributed by atoms with Crippen LogP contribution in [0.15, 0.2) is 59.5 Å². The van der Waals surface area contributed by atoms with Gasteiger partial charge in [0.1, 0.15) is 5.00 Å². The zero-order chi connectivity index (χ0) is 31.7. The molecule has 0 fully saturated rings. The Bertz CT molecular complexity index is 1490. The summed E-state index contributed by atoms with van der Waals surface area (Å²) in [7, 11) is -3.66. The molecule has 0 atom stereocenters. The van der Waals surface area contributed by atoms with E-state index in [0.717, 1.165) is 55.6 Å². The fraction of sp³-hybridized carbons (Fsp3) is 0.471. The Balaban J connectivity index is 1.57. The number of carbonyl (C=O) groups is 2. The molecule has 3 aromatic rings. The molecule has 238 valence electrons. The first-order valence-electron chi connectivity index (χ1n) is 15.8. The molecule has 1 aromatic heterocycles. The van der Waals surface area contributed by atoms with Gasteiger partial charge in [0.05, 0.1) is 10.5 Å². The van der Waals surface area contributed by atoms with Gasteiger partial charge in [-0.3, -0.25) is 14.5 Å². The minimum absolute atomic E-state index is 0.0694. The Kier molecular flexibility index (Phi) is 12.1. The van der Waals surface area contributed by atoms with Gasteiger partial charge in [0.2, 0.25) is 10.0 Å². The van der Waals surface area contributed by atoms with Gasteiger partial charge in [-0.25, -0.2) is 8.42 Å². The lowest BCUT2D eigenvalue weighted by Gasteiger charge is -2.28. The van der Waals surface area contributed by atoms with Crippen molar-refractivity contribution in [2.24, 2.45) is 0 Å². The van der Waals surface area contributed by atoms with Crippen molar-refractivity contribution in [1.29, 1.82) is 0 Å². The SMILES string of the molecule is CCCCN(CCCC)S(=O)(=O)c1ccc(C(=O)Nc2sc3c(c2C(=O)N(CC)CC)CCN(Cc2ccccc2)C3)cc1. The predicted molar refractivity (Wildman–Crippen MR) is 179 cm³/mol. The third-order valence-corrected chi connectivity index (χ3v) is 11.2. The lowest BCUT2D eigenvalue weighted by molar-refractivity contribution is 0.0772. The van der Waals surface area contributed by atoms with Gasteiger partial charge in [-0.2, -0.15) is 4.31 Å². The average molecular weight is 639 g/mol. The summed E-state index contributed by atoms with van der Waals surface area (Å²) in [6.45, 7) is 12.5. The topological polar surface area (TPSA) is 90.0 Å². The molecule has 0 saturated carbocycles. The smallest absolute Gasteiger partial charge is 0.257 e. The lowest BCUT2D eigenvalue weighted by Crippen LogP contribution is -2.34. The summed E-state index contributed by atoms with van der Waals surface area (Å²) in [6, 6.07) is 16.5. The van der Waals surface area contributed by atoms with E-state index < -0.39 is 10.0 Å². The van der Waals surface area contributed by atoms with Crippen molar-refractivity contribution in [3.8, 4) is 0 Å². The van der Waals surface area contributed by atoms with Crippen molar-refractivity contribution in [1.82, 2.24) is 14.1 Å². The highest BCUT2D eigenvalue weighted by Crippen LogP contribution is 2.38. The van der Waals surface area contributed by atoms with Crippen molar-refractivity contribution in [2.45, 2.75) is 77.8 Å². The minimum atomic E-state index is -3.66. The lowest BCUT2D eigenvalue weighted by atomic mass is 10.0. The maximum atomic E-state index is 13.7. The molecule has 0 unspecified atom stereocenters. The molecular formula is C34H46N4O4S2. The van der Waals surface area contributed by atoms with E-state index in [1.807, 2.05) is 45.9 Å². The van der Waals surface area contributed by atoms with Crippen LogP contribution in [-0.2, 0) is 29.5 Å². The summed E-state index contributed by atoms with van der Waals surface area (Å²) in [6.07, 6.45) is 4.15. The van der Waals surface area contributed by atoms with Gasteiger partial charge in [0.15, 0.2) is 0 Å². The van der Waals surface area contributed by atoms with Crippen LogP contribution in [0.4, 0.5) is 5.00 Å². The van der Waals surface area contributed by atoms with Crippen molar-refractivity contribution in [3.05, 3.63) is 81.7 Å². The van der Waals surface area contributed by atoms with E-state index in [2.05, 4.69) is 22.3 Å². The van der Waals surface area contributed by atoms with Crippen LogP contribution in [0.1, 0.15) is 90.1 Å². The minimum Gasteiger partial charge on any atom is -0.339 e. The number of unbranched alkanes of at least 4 members (excludes halogenated alkanes) is 2. The van der Waals surface area contributed by atoms with Gasteiger partial charge in [0, 0.05) is 56.3 Å². The first-order chi connectivity index (χ1) is 21.2. The molecule has 2 heterocycles. The third kappa shape index (κ3) is 7.96. The molecule has 1 aliphatic rings. The number of carbonyl (C=O) groups excluding carboxylic acids is 2. The Morgan fingerprint density at radius 1 is 0.909 bits per heavy atom. The van der Waals surface area contributed by atoms with Crippen molar-refractivity contribution >= 4 is 38.2 Å². The number of hydrogen-bond acceptors (Lipinski definition) is 6. The van der Waals surface area contributed by atoms with Crippen LogP contribution in [-0.4, -0.2) is 67.1 Å². The van der Waals surface area contributed by atoms with Crippen LogP contribution in [0.3, 0.4) is 0 Å². The zero-order valence-electron chi connectivity index (χ0n) is 26.5. The number of benzene rings is 2. The molecule has 0 radical (unpaired) electrons. The first-order valence-corrected chi connectivity index (χ1v) is 18.1. The van der Waals surface area contributed by atoms with Crippen LogP contribution in [0.5, 0.6) is 0 Å². The average Bonchev–Trinajstić information content (AvgIpc) is 3.38. The quantitative estimate of drug-likeness (QED) is 0.202. The zero-order valence-corrected chi connectivity index (χ0v) is 28.1. The van der Waals surface area contributed by atoms with Crippen LogP contribution < -0.4 is 5.32 Å². The number of rotatable bonds is 15. The number of nitrogens with zero attached hydrogens (tertiary/aromatic N) is 3. The molecule has 2 amide bonds. The fourth-order valence-corrected chi connectivity index (χ4v) is 8.33. The molecule has 0 spiro atoms. The van der Waals surface area contributed by atoms with Gasteiger partial charge in [0.25, 0.3) is 11.8 Å². The summed E-state index contributed by atoms with van der Waals surface area (Å²) >= 11 is 1.47. The highest BCUT2D eigenvalue weighted by atomic mass is 32.2. The van der Waals surface area contributed by atoms with Gasteiger partial charge < -0.3 is 10.2 Å². The van der Waals surface area contributed by atoms with Crippen LogP contribution in [0.25, 0.3) is 0 Å². The third-order valence-electron chi connectivity index (χ3n) is 8.15. The van der Waals surface area contributed by atoms with Crippen molar-refractivity contribution in [3.63, 3.8) is 0 Å². The van der Waals surface area contributed by atoms with E-state index in [0.29, 0.717) is 48.9 Å². The Morgan fingerprint density at radius 2 is 1.55 bits per heavy atom. The normalized spacial score (nSPS) is 13.6. The van der Waals surface area contributed by atoms with Crippen molar-refractivity contribution in [2.75, 3.05) is 38.0 Å². The number of hydrogen-bond donors (Lipinski definition) is 1. The van der Waals surface area contributed by atoms with Crippen LogP contribution >= 0.6 is 11.3 Å². The summed E-state index contributed by atoms with van der Waals surface area (Å²) in [5.74, 6) is -0.434. The molecule has 0 aliphatic carbocycles. The molecule has 0 saturated heterocycles. The fourth-order valence-electron chi connectivity index (χ4n) is 5.54. The Morgan fingerprint density at radius 3 is 2.14 bits per heavy atom. The maximum Gasteiger partial charge on any atom is 0.257 e. The molecule has 0 bridgehead atoms. The van der Waals surface area contributed by atoms with E-state index in [4.69, 9.17) is 0 Å². The molecule has 10 heteroatoms. The summed E-state index contributed by atoms with van der Waals surface area (Å²) < 4.78 is 28.3. The number of anilines is 1.